The number of Topliss-reactive ketones (excluding diaryl/α,β-unsaturated/α-hetero) is 1. The summed E-state index contributed by atoms with van der Waals surface area (Å²) in [4.78, 5) is 14.6. The number of carbonyl (C=O) groups excluding carboxylic acids is 1. The highest BCUT2D eigenvalue weighted by Gasteiger charge is 2.31. The zero-order valence-corrected chi connectivity index (χ0v) is 8.18. The third-order valence-corrected chi connectivity index (χ3v) is 2.80. The first-order valence-corrected chi connectivity index (χ1v) is 4.47. The van der Waals surface area contributed by atoms with Gasteiger partial charge in [0.1, 0.15) is 5.78 Å². The van der Waals surface area contributed by atoms with E-state index in [0.29, 0.717) is 6.54 Å². The zero-order valence-electron chi connectivity index (χ0n) is 8.18. The van der Waals surface area contributed by atoms with Gasteiger partial charge in [0.25, 0.3) is 0 Å². The van der Waals surface area contributed by atoms with Crippen molar-refractivity contribution in [3.63, 3.8) is 0 Å². The van der Waals surface area contributed by atoms with E-state index in [4.69, 9.17) is 6.57 Å². The third kappa shape index (κ3) is 2.34. The summed E-state index contributed by atoms with van der Waals surface area (Å²) in [5.74, 6) is 0.233. The van der Waals surface area contributed by atoms with Crippen molar-refractivity contribution in [2.45, 2.75) is 40.0 Å². The van der Waals surface area contributed by atoms with Crippen LogP contribution in [0.3, 0.4) is 0 Å². The second-order valence-electron chi connectivity index (χ2n) is 3.18. The van der Waals surface area contributed by atoms with E-state index in [-0.39, 0.29) is 11.2 Å². The van der Waals surface area contributed by atoms with Gasteiger partial charge < -0.3 is 4.85 Å². The van der Waals surface area contributed by atoms with Crippen molar-refractivity contribution in [3.05, 3.63) is 11.4 Å². The number of nitrogens with zero attached hydrogens (tertiary/aromatic N) is 1. The van der Waals surface area contributed by atoms with Crippen LogP contribution in [-0.4, -0.2) is 12.3 Å². The lowest BCUT2D eigenvalue weighted by Crippen LogP contribution is -2.28. The lowest BCUT2D eigenvalue weighted by molar-refractivity contribution is -0.127. The van der Waals surface area contributed by atoms with Crippen LogP contribution in [0.4, 0.5) is 0 Å². The molecule has 2 nitrogen and oxygen atoms in total. The van der Waals surface area contributed by atoms with Gasteiger partial charge in [-0.15, -0.1) is 0 Å². The first kappa shape index (κ1) is 11.2. The molecule has 0 rings (SSSR count). The van der Waals surface area contributed by atoms with E-state index in [1.54, 1.807) is 6.92 Å². The second kappa shape index (κ2) is 4.92. The summed E-state index contributed by atoms with van der Waals surface area (Å²) in [6, 6.07) is 0. The summed E-state index contributed by atoms with van der Waals surface area (Å²) >= 11 is 0. The monoisotopic (exact) mass is 167 g/mol. The number of carbonyl (C=O) groups is 1. The van der Waals surface area contributed by atoms with Gasteiger partial charge >= 0.3 is 0 Å². The van der Waals surface area contributed by atoms with Crippen LogP contribution in [0, 0.1) is 12.0 Å². The zero-order chi connectivity index (χ0) is 9.61. The fourth-order valence-electron chi connectivity index (χ4n) is 1.55. The van der Waals surface area contributed by atoms with Crippen LogP contribution in [0.2, 0.25) is 0 Å². The maximum absolute atomic E-state index is 11.3. The Morgan fingerprint density at radius 3 is 2.17 bits per heavy atom. The number of ketones is 1. The Kier molecular flexibility index (Phi) is 4.58. The molecule has 0 bridgehead atoms. The van der Waals surface area contributed by atoms with Crippen LogP contribution >= 0.6 is 0 Å². The van der Waals surface area contributed by atoms with Crippen molar-refractivity contribution in [2.75, 3.05) is 6.54 Å². The molecule has 12 heavy (non-hydrogen) atoms. The Balaban J connectivity index is 4.38. The van der Waals surface area contributed by atoms with Crippen molar-refractivity contribution in [2.24, 2.45) is 5.41 Å². The third-order valence-electron chi connectivity index (χ3n) is 2.80. The summed E-state index contributed by atoms with van der Waals surface area (Å²) in [5, 5.41) is 0. The largest absolute Gasteiger partial charge is 0.317 e. The topological polar surface area (TPSA) is 21.4 Å². The minimum absolute atomic E-state index is 0.218. The van der Waals surface area contributed by atoms with Crippen molar-refractivity contribution in [3.8, 4) is 0 Å². The van der Waals surface area contributed by atoms with Crippen LogP contribution in [0.5, 0.6) is 0 Å². The molecule has 0 aliphatic carbocycles. The Bertz CT molecular complexity index is 187. The van der Waals surface area contributed by atoms with Crippen molar-refractivity contribution < 1.29 is 4.79 Å². The molecule has 0 heterocycles. The summed E-state index contributed by atoms with van der Waals surface area (Å²) in [5.41, 5.74) is -0.218. The van der Waals surface area contributed by atoms with E-state index in [2.05, 4.69) is 4.85 Å². The molecular weight excluding hydrogens is 150 g/mol. The van der Waals surface area contributed by atoms with E-state index >= 15 is 0 Å². The van der Waals surface area contributed by atoms with Crippen LogP contribution < -0.4 is 0 Å². The molecule has 0 atom stereocenters. The summed E-state index contributed by atoms with van der Waals surface area (Å²) in [6.45, 7) is 12.8. The van der Waals surface area contributed by atoms with Gasteiger partial charge in [-0.1, -0.05) is 13.8 Å². The lowest BCUT2D eigenvalue weighted by atomic mass is 9.76. The molecule has 2 heteroatoms. The van der Waals surface area contributed by atoms with Crippen LogP contribution in [0.25, 0.3) is 4.85 Å². The number of hydrogen-bond acceptors (Lipinski definition) is 1. The molecular formula is C10H17NO. The Hall–Kier alpha value is -0.840. The van der Waals surface area contributed by atoms with E-state index in [1.807, 2.05) is 13.8 Å². The van der Waals surface area contributed by atoms with Crippen molar-refractivity contribution in [1.82, 2.24) is 0 Å². The van der Waals surface area contributed by atoms with Crippen LogP contribution in [0.15, 0.2) is 0 Å². The normalized spacial score (nSPS) is 10.8. The van der Waals surface area contributed by atoms with Gasteiger partial charge in [0.15, 0.2) is 0 Å². The Labute approximate surface area is 74.8 Å². The van der Waals surface area contributed by atoms with Crippen LogP contribution in [0.1, 0.15) is 40.0 Å². The second-order valence-corrected chi connectivity index (χ2v) is 3.18. The SMILES string of the molecule is [C-]#[N+]CCC(CC)(CC)C(C)=O. The molecule has 0 spiro atoms. The molecule has 0 fully saturated rings. The molecule has 0 saturated carbocycles. The van der Waals surface area contributed by atoms with Crippen molar-refractivity contribution >= 4 is 5.78 Å². The molecule has 0 amide bonds. The fraction of sp³-hybridized carbons (Fsp3) is 0.800. The number of rotatable bonds is 5. The quantitative estimate of drug-likeness (QED) is 0.577. The molecule has 0 aliphatic rings. The van der Waals surface area contributed by atoms with Gasteiger partial charge in [0.2, 0.25) is 6.54 Å². The van der Waals surface area contributed by atoms with E-state index < -0.39 is 0 Å². The minimum Gasteiger partial charge on any atom is -0.317 e. The molecule has 68 valence electrons. The van der Waals surface area contributed by atoms with E-state index in [9.17, 15) is 4.79 Å². The van der Waals surface area contributed by atoms with Gasteiger partial charge in [0, 0.05) is 11.8 Å². The molecule has 0 unspecified atom stereocenters. The van der Waals surface area contributed by atoms with Gasteiger partial charge in [-0.2, -0.15) is 0 Å². The smallest absolute Gasteiger partial charge is 0.215 e. The van der Waals surface area contributed by atoms with Gasteiger partial charge in [0.05, 0.1) is 0 Å². The Morgan fingerprint density at radius 2 is 1.92 bits per heavy atom. The molecule has 0 aliphatic heterocycles. The molecule has 0 radical (unpaired) electrons. The Morgan fingerprint density at radius 1 is 1.42 bits per heavy atom. The maximum Gasteiger partial charge on any atom is 0.215 e. The van der Waals surface area contributed by atoms with Gasteiger partial charge in [-0.25, -0.2) is 6.57 Å². The summed E-state index contributed by atoms with van der Waals surface area (Å²) in [7, 11) is 0. The summed E-state index contributed by atoms with van der Waals surface area (Å²) in [6.07, 6.45) is 2.43. The lowest BCUT2D eigenvalue weighted by Gasteiger charge is -2.26. The van der Waals surface area contributed by atoms with Crippen molar-refractivity contribution in [1.29, 1.82) is 0 Å². The van der Waals surface area contributed by atoms with Crippen LogP contribution in [-0.2, 0) is 4.79 Å². The first-order chi connectivity index (χ1) is 5.63. The highest BCUT2D eigenvalue weighted by molar-refractivity contribution is 5.82. The highest BCUT2D eigenvalue weighted by atomic mass is 16.1. The average molecular weight is 167 g/mol. The number of hydrogen-bond donors (Lipinski definition) is 0. The summed E-state index contributed by atoms with van der Waals surface area (Å²) < 4.78 is 0. The molecule has 0 aromatic rings. The van der Waals surface area contributed by atoms with Gasteiger partial charge in [-0.05, 0) is 19.8 Å². The highest BCUT2D eigenvalue weighted by Crippen LogP contribution is 2.31. The maximum atomic E-state index is 11.3. The predicted molar refractivity (Wildman–Crippen MR) is 49.8 cm³/mol. The standard InChI is InChI=1S/C10H17NO/c1-5-10(6-2,9(3)12)7-8-11-4/h5-8H2,1-3H3. The van der Waals surface area contributed by atoms with Gasteiger partial charge in [-0.3, -0.25) is 4.79 Å². The molecule has 0 saturated heterocycles. The first-order valence-electron chi connectivity index (χ1n) is 4.47. The van der Waals surface area contributed by atoms with E-state index in [0.717, 1.165) is 19.3 Å². The van der Waals surface area contributed by atoms with E-state index in [1.165, 1.54) is 0 Å². The fourth-order valence-corrected chi connectivity index (χ4v) is 1.55. The molecule has 0 aromatic heterocycles. The molecule has 0 N–H and O–H groups in total. The molecule has 0 aromatic carbocycles. The minimum atomic E-state index is -0.218. The average Bonchev–Trinajstić information content (AvgIpc) is 2.07. The predicted octanol–water partition coefficient (Wildman–Crippen LogP) is 2.69.